The number of alkyl carbamates (subject to hydrolysis) is 2. The minimum atomic E-state index is -5.08. The van der Waals surface area contributed by atoms with E-state index in [1.165, 1.54) is 4.90 Å². The van der Waals surface area contributed by atoms with Gasteiger partial charge in [0.05, 0.1) is 18.5 Å². The van der Waals surface area contributed by atoms with Crippen LogP contribution in [0.1, 0.15) is 152 Å². The number of carboxylic acid groups (broad SMARTS) is 2. The molecule has 4 aromatic rings. The maximum atomic E-state index is 14.4. The van der Waals surface area contributed by atoms with Crippen molar-refractivity contribution in [2.75, 3.05) is 13.1 Å². The number of carbonyl (C=O) groups is 5. The van der Waals surface area contributed by atoms with E-state index < -0.39 is 142 Å². The van der Waals surface area contributed by atoms with Crippen LogP contribution in [0.3, 0.4) is 0 Å². The molecule has 4 fully saturated rings. The second-order valence-corrected chi connectivity index (χ2v) is 22.4. The Morgan fingerprint density at radius 2 is 1.03 bits per heavy atom. The van der Waals surface area contributed by atoms with Crippen molar-refractivity contribution < 1.29 is 119 Å². The standard InChI is InChI=1S/C25H28F6N4O4.C15H18F3NO4.C10H12F3N3O.C2HF3O2/c1-23(2,3)38-22(37)32-14(9-13-10-16(27)17(28)12-15(13)26)11-19(36)35-8-4-5-18(35)20-33-21(39-34-20)24(6-7-24)25(29,30)31;1-15(2,3)23-14(22)19-9(6-13(20)21)4-8-5-11(17)12(18)7-10(8)16;11-10(12,13)9(3-4-9)8-15-7(16-17-8)6-2-1-5-14-6;3-2(4,5)1(6)7/h10,12,14,18H,4-9,11H2,1-3H3,(H,32,37);5,7,9H,4,6H2,1-3H3,(H,19,22)(H,20,21);6,14H,1-5H2;(H,6,7)/t14-,18+;9-;6-;/m110./s1. The Morgan fingerprint density at radius 1 is 0.628 bits per heavy atom. The van der Waals surface area contributed by atoms with Gasteiger partial charge in [0.15, 0.2) is 34.9 Å². The number of hydrogen-bond acceptors (Lipinski definition) is 14. The van der Waals surface area contributed by atoms with Crippen LogP contribution >= 0.6 is 0 Å². The third-order valence-electron chi connectivity index (χ3n) is 13.2. The van der Waals surface area contributed by atoms with Gasteiger partial charge < -0.3 is 49.6 Å². The number of ether oxygens (including phenoxy) is 2. The first-order valence-electron chi connectivity index (χ1n) is 26.2. The summed E-state index contributed by atoms with van der Waals surface area (Å²) in [4.78, 5) is 66.5. The molecule has 19 nitrogen and oxygen atoms in total. The van der Waals surface area contributed by atoms with Crippen LogP contribution in [0.5, 0.6) is 0 Å². The van der Waals surface area contributed by atoms with E-state index in [-0.39, 0.29) is 74.0 Å². The van der Waals surface area contributed by atoms with Gasteiger partial charge in [-0.3, -0.25) is 9.59 Å². The highest BCUT2D eigenvalue weighted by Gasteiger charge is 2.69. The fourth-order valence-electron chi connectivity index (χ4n) is 8.67. The lowest BCUT2D eigenvalue weighted by Crippen LogP contribution is -2.44. The molecule has 4 atom stereocenters. The number of carboxylic acids is 2. The number of aliphatic carboxylic acids is 2. The van der Waals surface area contributed by atoms with Gasteiger partial charge in [-0.2, -0.15) is 49.5 Å². The zero-order valence-electron chi connectivity index (χ0n) is 46.5. The predicted octanol–water partition coefficient (Wildman–Crippen LogP) is 11.0. The molecule has 0 unspecified atom stereocenters. The molecule has 2 aromatic heterocycles. The molecule has 0 spiro atoms. The summed E-state index contributed by atoms with van der Waals surface area (Å²) in [6.07, 6.45) is -14.9. The molecule has 34 heteroatoms. The molecule has 4 aliphatic rings. The average Bonchev–Trinajstić information content (AvgIpc) is 1.60. The monoisotopic (exact) mass is 1260 g/mol. The number of aromatic nitrogens is 4. The smallest absolute Gasteiger partial charge is 0.481 e. The van der Waals surface area contributed by atoms with E-state index in [1.807, 2.05) is 0 Å². The van der Waals surface area contributed by atoms with Crippen LogP contribution in [0.15, 0.2) is 33.3 Å². The third kappa shape index (κ3) is 19.0. The van der Waals surface area contributed by atoms with Crippen LogP contribution in [0.2, 0.25) is 0 Å². The summed E-state index contributed by atoms with van der Waals surface area (Å²) in [5, 5.41) is 31.3. The van der Waals surface area contributed by atoms with Gasteiger partial charge in [-0.05, 0) is 136 Å². The highest BCUT2D eigenvalue weighted by atomic mass is 19.4. The molecule has 3 amide bonds. The number of alkyl halides is 9. The van der Waals surface area contributed by atoms with Crippen LogP contribution in [0.4, 0.5) is 75.4 Å². The second kappa shape index (κ2) is 27.1. The number of hydrogen-bond donors (Lipinski definition) is 5. The number of amides is 3. The molecule has 5 N–H and O–H groups in total. The molecule has 2 saturated heterocycles. The van der Waals surface area contributed by atoms with Crippen LogP contribution in [-0.4, -0.2) is 120 Å². The van der Waals surface area contributed by atoms with Gasteiger partial charge in [-0.25, -0.2) is 40.7 Å². The zero-order valence-corrected chi connectivity index (χ0v) is 46.5. The van der Waals surface area contributed by atoms with Crippen LogP contribution in [0, 0.1) is 34.9 Å². The largest absolute Gasteiger partial charge is 0.490 e. The lowest BCUT2D eigenvalue weighted by atomic mass is 10.0. The zero-order chi connectivity index (χ0) is 64.7. The molecule has 0 radical (unpaired) electrons. The van der Waals surface area contributed by atoms with E-state index in [9.17, 15) is 85.0 Å². The number of nitrogens with one attached hydrogen (secondary N) is 3. The van der Waals surface area contributed by atoms with Crippen molar-refractivity contribution in [1.29, 1.82) is 0 Å². The number of carbonyl (C=O) groups excluding carboxylic acids is 3. The van der Waals surface area contributed by atoms with Gasteiger partial charge in [0.25, 0.3) is 0 Å². The fourth-order valence-corrected chi connectivity index (χ4v) is 8.67. The quantitative estimate of drug-likeness (QED) is 0.0580. The Hall–Kier alpha value is -7.42. The predicted molar refractivity (Wildman–Crippen MR) is 263 cm³/mol. The Labute approximate surface area is 479 Å². The molecule has 2 aliphatic carbocycles. The van der Waals surface area contributed by atoms with Gasteiger partial charge in [0.2, 0.25) is 17.7 Å². The summed E-state index contributed by atoms with van der Waals surface area (Å²) in [7, 11) is 0. The fraction of sp³-hybridized carbons (Fsp3) is 0.596. The number of rotatable bonds is 14. The summed E-state index contributed by atoms with van der Waals surface area (Å²) in [6, 6.07) is -0.929. The molecule has 86 heavy (non-hydrogen) atoms. The first-order valence-corrected chi connectivity index (χ1v) is 26.2. The van der Waals surface area contributed by atoms with Gasteiger partial charge in [-0.15, -0.1) is 0 Å². The van der Waals surface area contributed by atoms with E-state index in [2.05, 4.69) is 36.2 Å². The van der Waals surface area contributed by atoms with E-state index in [4.69, 9.17) is 33.5 Å². The number of nitrogens with zero attached hydrogens (tertiary/aromatic N) is 5. The molecule has 478 valence electrons. The SMILES string of the molecule is CC(C)(C)OC(=O)N[C@@H](CC(=O)N1CCC[C@H]1c1noc(C2(C(F)(F)F)CC2)n1)Cc1cc(F)c(F)cc1F.CC(C)(C)OC(=O)N[C@@H](CC(=O)O)Cc1cc(F)c(F)cc1F.FC(F)(F)C1(c2nc([C@@H]3CCCN3)no2)CC1.O=C(O)C(F)(F)F. The third-order valence-corrected chi connectivity index (χ3v) is 13.2. The lowest BCUT2D eigenvalue weighted by molar-refractivity contribution is -0.192. The highest BCUT2D eigenvalue weighted by Crippen LogP contribution is 2.59. The van der Waals surface area contributed by atoms with Gasteiger partial charge in [0.1, 0.15) is 33.7 Å². The van der Waals surface area contributed by atoms with Crippen molar-refractivity contribution in [1.82, 2.24) is 41.1 Å². The van der Waals surface area contributed by atoms with E-state index >= 15 is 0 Å². The van der Waals surface area contributed by atoms with Crippen LogP contribution in [0.25, 0.3) is 0 Å². The normalized spacial score (nSPS) is 18.6. The van der Waals surface area contributed by atoms with Crippen molar-refractivity contribution >= 4 is 30.0 Å². The molecule has 2 aromatic carbocycles. The van der Waals surface area contributed by atoms with Crippen molar-refractivity contribution in [2.24, 2.45) is 0 Å². The second-order valence-electron chi connectivity index (χ2n) is 22.4. The summed E-state index contributed by atoms with van der Waals surface area (Å²) in [6.45, 7) is 10.8. The summed E-state index contributed by atoms with van der Waals surface area (Å²) in [5.41, 5.74) is -6.24. The van der Waals surface area contributed by atoms with Crippen molar-refractivity contribution in [3.8, 4) is 0 Å². The highest BCUT2D eigenvalue weighted by molar-refractivity contribution is 5.79. The number of halogens is 15. The number of benzene rings is 2. The summed E-state index contributed by atoms with van der Waals surface area (Å²) >= 11 is 0. The summed E-state index contributed by atoms with van der Waals surface area (Å²) in [5.74, 6) is -12.4. The maximum Gasteiger partial charge on any atom is 0.490 e. The van der Waals surface area contributed by atoms with Gasteiger partial charge >= 0.3 is 42.7 Å². The Bertz CT molecular complexity index is 3040. The van der Waals surface area contributed by atoms with E-state index in [0.717, 1.165) is 19.4 Å². The van der Waals surface area contributed by atoms with Gasteiger partial charge in [0, 0.05) is 37.2 Å². The maximum absolute atomic E-state index is 14.4. The topological polar surface area (TPSA) is 261 Å². The van der Waals surface area contributed by atoms with Crippen molar-refractivity contribution in [2.45, 2.75) is 183 Å². The first-order chi connectivity index (χ1) is 39.5. The Kier molecular flexibility index (Phi) is 21.9. The molecule has 2 saturated carbocycles. The molecule has 8 rings (SSSR count). The Morgan fingerprint density at radius 3 is 1.41 bits per heavy atom. The van der Waals surface area contributed by atoms with E-state index in [1.54, 1.807) is 41.5 Å². The summed E-state index contributed by atoms with van der Waals surface area (Å²) < 4.78 is 212. The average molecular weight is 1260 g/mol. The first kappa shape index (κ1) is 69.4. The van der Waals surface area contributed by atoms with E-state index in [0.29, 0.717) is 42.9 Å². The molecule has 4 heterocycles. The molecular weight excluding hydrogens is 1200 g/mol. The molecular formula is C52H59F15N8O11. The number of likely N-dealkylation sites (tertiary alicyclic amines) is 1. The lowest BCUT2D eigenvalue weighted by Gasteiger charge is -2.27. The minimum absolute atomic E-state index is 0.0518. The van der Waals surface area contributed by atoms with Crippen molar-refractivity contribution in [3.05, 3.63) is 93.7 Å². The molecule has 2 aliphatic heterocycles. The van der Waals surface area contributed by atoms with Crippen LogP contribution in [-0.2, 0) is 47.5 Å². The molecule has 0 bridgehead atoms. The van der Waals surface area contributed by atoms with Gasteiger partial charge in [-0.1, -0.05) is 10.3 Å². The van der Waals surface area contributed by atoms with Crippen LogP contribution < -0.4 is 16.0 Å². The Balaban J connectivity index is 0.000000242. The van der Waals surface area contributed by atoms with Crippen molar-refractivity contribution in [3.63, 3.8) is 0 Å². The minimum Gasteiger partial charge on any atom is -0.481 e.